The van der Waals surface area contributed by atoms with Crippen LogP contribution in [0.3, 0.4) is 0 Å². The molecule has 0 unspecified atom stereocenters. The van der Waals surface area contributed by atoms with Crippen molar-refractivity contribution in [3.63, 3.8) is 0 Å². The molecular formula is C9H6BrNO. The second-order valence-corrected chi connectivity index (χ2v) is 2.59. The summed E-state index contributed by atoms with van der Waals surface area (Å²) < 4.78 is 0. The average Bonchev–Trinajstić information content (AvgIpc) is 2.15. The van der Waals surface area contributed by atoms with E-state index in [0.717, 1.165) is 6.29 Å². The minimum Gasteiger partial charge on any atom is -0.298 e. The molecule has 0 saturated carbocycles. The third-order valence-electron chi connectivity index (χ3n) is 1.20. The molecular weight excluding hydrogens is 218 g/mol. The van der Waals surface area contributed by atoms with Gasteiger partial charge in [0.15, 0.2) is 0 Å². The molecule has 1 heterocycles. The minimum absolute atomic E-state index is 0.601. The zero-order chi connectivity index (χ0) is 8.81. The predicted molar refractivity (Wildman–Crippen MR) is 50.3 cm³/mol. The summed E-state index contributed by atoms with van der Waals surface area (Å²) in [4.78, 5) is 14.3. The number of alkyl halides is 1. The first-order valence-corrected chi connectivity index (χ1v) is 4.45. The number of pyridine rings is 1. The predicted octanol–water partition coefficient (Wildman–Crippen LogP) is 1.64. The lowest BCUT2D eigenvalue weighted by molar-refractivity contribution is 0.112. The molecule has 0 fully saturated rings. The Morgan fingerprint density at radius 2 is 2.50 bits per heavy atom. The van der Waals surface area contributed by atoms with Crippen molar-refractivity contribution in [2.45, 2.75) is 0 Å². The highest BCUT2D eigenvalue weighted by atomic mass is 79.9. The van der Waals surface area contributed by atoms with E-state index in [1.807, 2.05) is 0 Å². The van der Waals surface area contributed by atoms with E-state index in [2.05, 4.69) is 32.8 Å². The van der Waals surface area contributed by atoms with Gasteiger partial charge in [0.25, 0.3) is 0 Å². The molecule has 0 aliphatic rings. The lowest BCUT2D eigenvalue weighted by atomic mass is 10.2. The standard InChI is InChI=1S/C9H6BrNO/c10-4-1-2-9-6-8(7-12)3-5-11-9/h3,5-7H,4H2. The first-order chi connectivity index (χ1) is 5.86. The summed E-state index contributed by atoms with van der Waals surface area (Å²) in [6, 6.07) is 3.30. The van der Waals surface area contributed by atoms with Gasteiger partial charge >= 0.3 is 0 Å². The van der Waals surface area contributed by atoms with Gasteiger partial charge in [0, 0.05) is 11.8 Å². The van der Waals surface area contributed by atoms with Crippen LogP contribution in [0.25, 0.3) is 0 Å². The topological polar surface area (TPSA) is 30.0 Å². The second-order valence-electron chi connectivity index (χ2n) is 2.03. The monoisotopic (exact) mass is 223 g/mol. The van der Waals surface area contributed by atoms with Crippen molar-refractivity contribution in [2.24, 2.45) is 0 Å². The van der Waals surface area contributed by atoms with Crippen LogP contribution in [0, 0.1) is 11.8 Å². The molecule has 0 radical (unpaired) electrons. The van der Waals surface area contributed by atoms with Crippen LogP contribution in [0.1, 0.15) is 16.1 Å². The van der Waals surface area contributed by atoms with Crippen LogP contribution in [-0.4, -0.2) is 16.6 Å². The van der Waals surface area contributed by atoms with Crippen LogP contribution in [-0.2, 0) is 0 Å². The van der Waals surface area contributed by atoms with E-state index in [9.17, 15) is 4.79 Å². The van der Waals surface area contributed by atoms with Crippen molar-refractivity contribution in [3.8, 4) is 11.8 Å². The highest BCUT2D eigenvalue weighted by Gasteiger charge is 1.90. The van der Waals surface area contributed by atoms with Crippen LogP contribution in [0.4, 0.5) is 0 Å². The van der Waals surface area contributed by atoms with Gasteiger partial charge in [-0.1, -0.05) is 21.9 Å². The molecule has 2 nitrogen and oxygen atoms in total. The Morgan fingerprint density at radius 1 is 1.67 bits per heavy atom. The maximum atomic E-state index is 10.3. The van der Waals surface area contributed by atoms with Crippen LogP contribution < -0.4 is 0 Å². The van der Waals surface area contributed by atoms with Crippen molar-refractivity contribution in [3.05, 3.63) is 29.6 Å². The molecule has 0 N–H and O–H groups in total. The van der Waals surface area contributed by atoms with Gasteiger partial charge in [-0.3, -0.25) is 4.79 Å². The third-order valence-corrected chi connectivity index (χ3v) is 1.48. The third kappa shape index (κ3) is 2.48. The Kier molecular flexibility index (Phi) is 3.49. The molecule has 0 aliphatic carbocycles. The second kappa shape index (κ2) is 4.68. The summed E-state index contributed by atoms with van der Waals surface area (Å²) in [6.45, 7) is 0. The quantitative estimate of drug-likeness (QED) is 0.412. The summed E-state index contributed by atoms with van der Waals surface area (Å²) in [5, 5.41) is 0.611. The van der Waals surface area contributed by atoms with E-state index < -0.39 is 0 Å². The zero-order valence-corrected chi connectivity index (χ0v) is 7.84. The van der Waals surface area contributed by atoms with Crippen molar-refractivity contribution in [1.82, 2.24) is 4.98 Å². The van der Waals surface area contributed by atoms with E-state index in [4.69, 9.17) is 0 Å². The summed E-state index contributed by atoms with van der Waals surface area (Å²) >= 11 is 3.17. The summed E-state index contributed by atoms with van der Waals surface area (Å²) in [5.41, 5.74) is 1.22. The average molecular weight is 224 g/mol. The van der Waals surface area contributed by atoms with E-state index in [-0.39, 0.29) is 0 Å². The Labute approximate surface area is 79.1 Å². The number of nitrogens with zero attached hydrogens (tertiary/aromatic N) is 1. The normalized spacial score (nSPS) is 8.42. The van der Waals surface area contributed by atoms with Crippen LogP contribution in [0.2, 0.25) is 0 Å². The van der Waals surface area contributed by atoms with E-state index in [0.29, 0.717) is 16.6 Å². The Bertz CT molecular complexity index is 338. The lowest BCUT2D eigenvalue weighted by Gasteiger charge is -1.89. The summed E-state index contributed by atoms with van der Waals surface area (Å²) in [5.74, 6) is 5.61. The molecule has 0 atom stereocenters. The number of carbonyl (C=O) groups excluding carboxylic acids is 1. The maximum Gasteiger partial charge on any atom is 0.150 e. The number of carbonyl (C=O) groups is 1. The number of hydrogen-bond acceptors (Lipinski definition) is 2. The van der Waals surface area contributed by atoms with E-state index >= 15 is 0 Å². The molecule has 3 heteroatoms. The molecule has 0 saturated heterocycles. The van der Waals surface area contributed by atoms with E-state index in [1.54, 1.807) is 18.3 Å². The number of aromatic nitrogens is 1. The first kappa shape index (κ1) is 8.95. The van der Waals surface area contributed by atoms with Crippen LogP contribution in [0.5, 0.6) is 0 Å². The Hall–Kier alpha value is -1.14. The molecule has 1 rings (SSSR count). The first-order valence-electron chi connectivity index (χ1n) is 3.33. The molecule has 0 bridgehead atoms. The fraction of sp³-hybridized carbons (Fsp3) is 0.111. The highest BCUT2D eigenvalue weighted by molar-refractivity contribution is 9.09. The van der Waals surface area contributed by atoms with Gasteiger partial charge in [-0.15, -0.1) is 0 Å². The SMILES string of the molecule is O=Cc1ccnc(C#CCBr)c1. The largest absolute Gasteiger partial charge is 0.298 e. The Morgan fingerprint density at radius 3 is 3.17 bits per heavy atom. The maximum absolute atomic E-state index is 10.3. The van der Waals surface area contributed by atoms with Crippen molar-refractivity contribution < 1.29 is 4.79 Å². The number of halogens is 1. The van der Waals surface area contributed by atoms with Crippen LogP contribution in [0.15, 0.2) is 18.3 Å². The summed E-state index contributed by atoms with van der Waals surface area (Å²) in [7, 11) is 0. The van der Waals surface area contributed by atoms with E-state index in [1.165, 1.54) is 0 Å². The van der Waals surface area contributed by atoms with Crippen LogP contribution >= 0.6 is 15.9 Å². The van der Waals surface area contributed by atoms with Crippen molar-refractivity contribution in [1.29, 1.82) is 0 Å². The molecule has 12 heavy (non-hydrogen) atoms. The molecule has 1 aromatic rings. The van der Waals surface area contributed by atoms with Gasteiger partial charge in [0.05, 0.1) is 5.33 Å². The van der Waals surface area contributed by atoms with Gasteiger partial charge in [0.2, 0.25) is 0 Å². The van der Waals surface area contributed by atoms with Crippen molar-refractivity contribution >= 4 is 22.2 Å². The molecule has 1 aromatic heterocycles. The van der Waals surface area contributed by atoms with Gasteiger partial charge in [-0.2, -0.15) is 0 Å². The molecule has 0 aromatic carbocycles. The molecule has 60 valence electrons. The molecule has 0 amide bonds. The van der Waals surface area contributed by atoms with Gasteiger partial charge < -0.3 is 0 Å². The smallest absolute Gasteiger partial charge is 0.150 e. The zero-order valence-electron chi connectivity index (χ0n) is 6.25. The molecule has 0 spiro atoms. The fourth-order valence-corrected chi connectivity index (χ4v) is 0.853. The number of rotatable bonds is 1. The minimum atomic E-state index is 0.601. The highest BCUT2D eigenvalue weighted by Crippen LogP contribution is 1.96. The molecule has 0 aliphatic heterocycles. The van der Waals surface area contributed by atoms with Crippen molar-refractivity contribution in [2.75, 3.05) is 5.33 Å². The Balaban J connectivity index is 2.93. The van der Waals surface area contributed by atoms with Gasteiger partial charge in [0.1, 0.15) is 12.0 Å². The number of hydrogen-bond donors (Lipinski definition) is 0. The number of aldehydes is 1. The lowest BCUT2D eigenvalue weighted by Crippen LogP contribution is -1.85. The fourth-order valence-electron chi connectivity index (χ4n) is 0.713. The van der Waals surface area contributed by atoms with Gasteiger partial charge in [-0.05, 0) is 18.1 Å². The van der Waals surface area contributed by atoms with Gasteiger partial charge in [-0.25, -0.2) is 4.98 Å². The summed E-state index contributed by atoms with van der Waals surface area (Å²) in [6.07, 6.45) is 2.35.